The van der Waals surface area contributed by atoms with Gasteiger partial charge in [0.25, 0.3) is 0 Å². The summed E-state index contributed by atoms with van der Waals surface area (Å²) in [6.07, 6.45) is 0.0768. The van der Waals surface area contributed by atoms with E-state index < -0.39 is 5.91 Å². The van der Waals surface area contributed by atoms with Crippen molar-refractivity contribution in [1.29, 1.82) is 0 Å². The molecule has 1 heterocycles. The molecule has 0 atom stereocenters. The molecule has 5 heteroatoms. The number of nitrogens with zero attached hydrogens (tertiary/aromatic N) is 1. The molecule has 82 valence electrons. The molecule has 0 saturated heterocycles. The summed E-state index contributed by atoms with van der Waals surface area (Å²) in [5, 5.41) is 0.892. The number of fused-ring (bicyclic) bond motifs is 1. The first kappa shape index (κ1) is 10.8. The summed E-state index contributed by atoms with van der Waals surface area (Å²) in [6, 6.07) is 5.86. The van der Waals surface area contributed by atoms with Gasteiger partial charge in [0.1, 0.15) is 10.5 Å². The zero-order valence-corrected chi connectivity index (χ0v) is 9.60. The largest absolute Gasteiger partial charge is 0.369 e. The van der Waals surface area contributed by atoms with Crippen LogP contribution in [0.25, 0.3) is 10.9 Å². The molecule has 0 saturated carbocycles. The van der Waals surface area contributed by atoms with Crippen molar-refractivity contribution in [2.24, 2.45) is 5.73 Å². The number of aromatic nitrogens is 2. The molecule has 0 aliphatic rings. The number of nitrogens with two attached hydrogens (primary N) is 1. The Kier molecular flexibility index (Phi) is 2.70. The topological polar surface area (TPSA) is 71.8 Å². The van der Waals surface area contributed by atoms with E-state index in [1.165, 1.54) is 0 Å². The number of carbonyl (C=O) groups excluding carboxylic acids is 1. The number of rotatable bonds is 2. The maximum Gasteiger partial charge on any atom is 0.225 e. The van der Waals surface area contributed by atoms with Crippen molar-refractivity contribution >= 4 is 29.0 Å². The van der Waals surface area contributed by atoms with Crippen molar-refractivity contribution in [2.45, 2.75) is 13.3 Å². The Balaban J connectivity index is 2.64. The van der Waals surface area contributed by atoms with E-state index in [4.69, 9.17) is 18.0 Å². The molecule has 1 amide bonds. The SMILES string of the molecule is Cc1ccc2[nH]c(CC(N)=O)nc(=S)c2c1. The van der Waals surface area contributed by atoms with Gasteiger partial charge in [0.15, 0.2) is 0 Å². The zero-order valence-electron chi connectivity index (χ0n) is 8.78. The van der Waals surface area contributed by atoms with Gasteiger partial charge in [-0.1, -0.05) is 23.8 Å². The molecule has 2 rings (SSSR count). The lowest BCUT2D eigenvalue weighted by Crippen LogP contribution is -2.15. The highest BCUT2D eigenvalue weighted by molar-refractivity contribution is 7.71. The molecule has 0 spiro atoms. The summed E-state index contributed by atoms with van der Waals surface area (Å²) in [7, 11) is 0. The lowest BCUT2D eigenvalue weighted by molar-refractivity contribution is -0.117. The fraction of sp³-hybridized carbons (Fsp3) is 0.182. The van der Waals surface area contributed by atoms with Gasteiger partial charge in [-0.05, 0) is 19.1 Å². The quantitative estimate of drug-likeness (QED) is 0.774. The van der Waals surface area contributed by atoms with Gasteiger partial charge in [-0.2, -0.15) is 0 Å². The number of aromatic amines is 1. The molecule has 0 aliphatic heterocycles. The minimum Gasteiger partial charge on any atom is -0.369 e. The van der Waals surface area contributed by atoms with Gasteiger partial charge in [0.2, 0.25) is 5.91 Å². The summed E-state index contributed by atoms with van der Waals surface area (Å²) < 4.78 is 0.494. The van der Waals surface area contributed by atoms with Gasteiger partial charge in [0, 0.05) is 10.9 Å². The van der Waals surface area contributed by atoms with Crippen LogP contribution in [0.15, 0.2) is 18.2 Å². The second kappa shape index (κ2) is 4.02. The fourth-order valence-electron chi connectivity index (χ4n) is 1.56. The first-order valence-corrected chi connectivity index (χ1v) is 5.25. The summed E-state index contributed by atoms with van der Waals surface area (Å²) in [5.74, 6) is 0.0819. The van der Waals surface area contributed by atoms with E-state index in [1.807, 2.05) is 25.1 Å². The molecule has 3 N–H and O–H groups in total. The van der Waals surface area contributed by atoms with E-state index in [0.717, 1.165) is 16.5 Å². The van der Waals surface area contributed by atoms with Crippen LogP contribution in [0.1, 0.15) is 11.4 Å². The number of carbonyl (C=O) groups is 1. The van der Waals surface area contributed by atoms with Crippen molar-refractivity contribution in [3.63, 3.8) is 0 Å². The molecule has 4 nitrogen and oxygen atoms in total. The van der Waals surface area contributed by atoms with Crippen LogP contribution in [0, 0.1) is 11.6 Å². The average Bonchev–Trinajstić information content (AvgIpc) is 2.18. The average molecular weight is 233 g/mol. The van der Waals surface area contributed by atoms with Crippen LogP contribution < -0.4 is 5.73 Å². The minimum atomic E-state index is -0.426. The van der Waals surface area contributed by atoms with Crippen LogP contribution in [0.2, 0.25) is 0 Å². The number of aryl methyl sites for hydroxylation is 1. The Bertz CT molecular complexity index is 618. The smallest absolute Gasteiger partial charge is 0.225 e. The lowest BCUT2D eigenvalue weighted by Gasteiger charge is -2.03. The Labute approximate surface area is 97.5 Å². The summed E-state index contributed by atoms with van der Waals surface area (Å²) in [5.41, 5.74) is 7.11. The molecule has 0 bridgehead atoms. The van der Waals surface area contributed by atoms with Crippen molar-refractivity contribution in [3.8, 4) is 0 Å². The number of hydrogen-bond acceptors (Lipinski definition) is 3. The number of primary amides is 1. The number of H-pyrrole nitrogens is 1. The molecule has 2 aromatic rings. The number of benzene rings is 1. The van der Waals surface area contributed by atoms with Gasteiger partial charge in [0.05, 0.1) is 6.42 Å². The first-order chi connectivity index (χ1) is 7.56. The second-order valence-electron chi connectivity index (χ2n) is 3.68. The second-order valence-corrected chi connectivity index (χ2v) is 4.07. The molecule has 1 aromatic heterocycles. The molecule has 1 aromatic carbocycles. The highest BCUT2D eigenvalue weighted by Crippen LogP contribution is 2.14. The van der Waals surface area contributed by atoms with Crippen LogP contribution >= 0.6 is 12.2 Å². The van der Waals surface area contributed by atoms with Gasteiger partial charge < -0.3 is 10.7 Å². The molecular weight excluding hydrogens is 222 g/mol. The van der Waals surface area contributed by atoms with E-state index in [9.17, 15) is 4.79 Å². The van der Waals surface area contributed by atoms with Gasteiger partial charge in [-0.15, -0.1) is 0 Å². The number of nitrogens with one attached hydrogen (secondary N) is 1. The number of hydrogen-bond donors (Lipinski definition) is 2. The molecule has 0 radical (unpaired) electrons. The lowest BCUT2D eigenvalue weighted by atomic mass is 10.2. The van der Waals surface area contributed by atoms with Crippen LogP contribution in [0.4, 0.5) is 0 Å². The fourth-order valence-corrected chi connectivity index (χ4v) is 1.84. The van der Waals surface area contributed by atoms with Crippen molar-refractivity contribution in [1.82, 2.24) is 9.97 Å². The highest BCUT2D eigenvalue weighted by atomic mass is 32.1. The first-order valence-electron chi connectivity index (χ1n) is 4.84. The molecule has 0 unspecified atom stereocenters. The third-order valence-electron chi connectivity index (χ3n) is 2.26. The predicted octanol–water partition coefficient (Wildman–Crippen LogP) is 1.63. The Hall–Kier alpha value is -1.75. The third-order valence-corrected chi connectivity index (χ3v) is 2.57. The minimum absolute atomic E-state index is 0.0768. The predicted molar refractivity (Wildman–Crippen MR) is 64.6 cm³/mol. The van der Waals surface area contributed by atoms with Crippen LogP contribution in [-0.4, -0.2) is 15.9 Å². The van der Waals surface area contributed by atoms with Gasteiger partial charge in [-0.25, -0.2) is 4.98 Å². The maximum atomic E-state index is 10.8. The molecule has 0 fully saturated rings. The van der Waals surface area contributed by atoms with E-state index in [0.29, 0.717) is 10.5 Å². The standard InChI is InChI=1S/C11H11N3OS/c1-6-2-3-8-7(4-6)11(16)14-10(13-8)5-9(12)15/h2-4H,5H2,1H3,(H2,12,15)(H,13,14,16). The molecule has 0 aliphatic carbocycles. The van der Waals surface area contributed by atoms with Gasteiger partial charge in [-0.3, -0.25) is 4.79 Å². The Morgan fingerprint density at radius 2 is 2.31 bits per heavy atom. The highest BCUT2D eigenvalue weighted by Gasteiger charge is 2.04. The normalized spacial score (nSPS) is 10.6. The Morgan fingerprint density at radius 1 is 1.56 bits per heavy atom. The summed E-state index contributed by atoms with van der Waals surface area (Å²) >= 11 is 5.17. The van der Waals surface area contributed by atoms with Crippen LogP contribution in [0.5, 0.6) is 0 Å². The van der Waals surface area contributed by atoms with E-state index in [-0.39, 0.29) is 6.42 Å². The maximum absolute atomic E-state index is 10.8. The van der Waals surface area contributed by atoms with Crippen LogP contribution in [-0.2, 0) is 11.2 Å². The van der Waals surface area contributed by atoms with Gasteiger partial charge >= 0.3 is 0 Å². The van der Waals surface area contributed by atoms with E-state index in [1.54, 1.807) is 0 Å². The van der Waals surface area contributed by atoms with Crippen molar-refractivity contribution in [3.05, 3.63) is 34.2 Å². The summed E-state index contributed by atoms with van der Waals surface area (Å²) in [4.78, 5) is 18.0. The third kappa shape index (κ3) is 2.09. The number of amides is 1. The zero-order chi connectivity index (χ0) is 11.7. The van der Waals surface area contributed by atoms with E-state index in [2.05, 4.69) is 9.97 Å². The molecular formula is C11H11N3OS. The Morgan fingerprint density at radius 3 is 3.00 bits per heavy atom. The van der Waals surface area contributed by atoms with Crippen molar-refractivity contribution in [2.75, 3.05) is 0 Å². The van der Waals surface area contributed by atoms with E-state index >= 15 is 0 Å². The monoisotopic (exact) mass is 233 g/mol. The van der Waals surface area contributed by atoms with Crippen molar-refractivity contribution < 1.29 is 4.79 Å². The van der Waals surface area contributed by atoms with Crippen LogP contribution in [0.3, 0.4) is 0 Å². The summed E-state index contributed by atoms with van der Waals surface area (Å²) in [6.45, 7) is 1.99. The molecule has 16 heavy (non-hydrogen) atoms.